The van der Waals surface area contributed by atoms with Gasteiger partial charge in [0.15, 0.2) is 5.78 Å². The minimum absolute atomic E-state index is 0.0375. The van der Waals surface area contributed by atoms with E-state index < -0.39 is 0 Å². The van der Waals surface area contributed by atoms with E-state index in [1.807, 2.05) is 42.5 Å². The molecule has 2 atom stereocenters. The molecule has 114 valence electrons. The minimum atomic E-state index is -0.275. The van der Waals surface area contributed by atoms with Gasteiger partial charge in [-0.05, 0) is 17.7 Å². The predicted octanol–water partition coefficient (Wildman–Crippen LogP) is 3.48. The summed E-state index contributed by atoms with van der Waals surface area (Å²) in [5, 5.41) is -0.275. The maximum absolute atomic E-state index is 13.0. The van der Waals surface area contributed by atoms with Gasteiger partial charge in [0.1, 0.15) is 0 Å². The number of thioether (sulfide) groups is 1. The Morgan fingerprint density at radius 1 is 0.913 bits per heavy atom. The third-order valence-corrected chi connectivity index (χ3v) is 5.77. The third-order valence-electron chi connectivity index (χ3n) is 4.39. The Hall–Kier alpha value is -2.33. The molecule has 1 amide bonds. The highest BCUT2D eigenvalue weighted by molar-refractivity contribution is 8.09. The number of amides is 1. The maximum Gasteiger partial charge on any atom is 0.254 e. The number of hydrogen-bond acceptors (Lipinski definition) is 3. The van der Waals surface area contributed by atoms with Gasteiger partial charge in [-0.1, -0.05) is 48.5 Å². The van der Waals surface area contributed by atoms with Crippen molar-refractivity contribution in [1.82, 2.24) is 4.90 Å². The van der Waals surface area contributed by atoms with Gasteiger partial charge in [-0.2, -0.15) is 0 Å². The molecule has 0 bridgehead atoms. The van der Waals surface area contributed by atoms with Crippen molar-refractivity contribution in [2.45, 2.75) is 11.3 Å². The topological polar surface area (TPSA) is 37.4 Å². The summed E-state index contributed by atoms with van der Waals surface area (Å²) in [5.74, 6) is -0.0527. The van der Waals surface area contributed by atoms with Gasteiger partial charge in [-0.15, -0.1) is 11.8 Å². The fourth-order valence-electron chi connectivity index (χ4n) is 3.14. The zero-order valence-electron chi connectivity index (χ0n) is 12.6. The average molecular weight is 321 g/mol. The fraction of sp³-hybridized carbons (Fsp3) is 0.158. The van der Waals surface area contributed by atoms with Crippen LogP contribution in [-0.2, 0) is 0 Å². The molecule has 0 spiro atoms. The molecule has 2 aromatic rings. The predicted molar refractivity (Wildman–Crippen MR) is 92.5 cm³/mol. The van der Waals surface area contributed by atoms with Crippen molar-refractivity contribution < 1.29 is 9.59 Å². The highest BCUT2D eigenvalue weighted by atomic mass is 32.2. The van der Waals surface area contributed by atoms with Gasteiger partial charge in [0.05, 0.1) is 16.9 Å². The molecule has 0 aliphatic carbocycles. The van der Waals surface area contributed by atoms with E-state index in [4.69, 9.17) is 0 Å². The van der Waals surface area contributed by atoms with Crippen molar-refractivity contribution in [3.8, 4) is 0 Å². The Morgan fingerprint density at radius 3 is 2.30 bits per heavy atom. The summed E-state index contributed by atoms with van der Waals surface area (Å²) in [4.78, 5) is 28.4. The molecule has 4 rings (SSSR count). The Labute approximate surface area is 139 Å². The van der Waals surface area contributed by atoms with Crippen molar-refractivity contribution in [3.63, 3.8) is 0 Å². The number of ketones is 1. The van der Waals surface area contributed by atoms with Gasteiger partial charge in [0.25, 0.3) is 5.91 Å². The van der Waals surface area contributed by atoms with Crippen molar-refractivity contribution in [1.29, 1.82) is 0 Å². The molecule has 2 heterocycles. The highest BCUT2D eigenvalue weighted by Crippen LogP contribution is 2.44. The average Bonchev–Trinajstić information content (AvgIpc) is 3.03. The number of fused-ring (bicyclic) bond motifs is 2. The van der Waals surface area contributed by atoms with E-state index in [0.717, 1.165) is 10.5 Å². The van der Waals surface area contributed by atoms with Crippen LogP contribution in [0.4, 0.5) is 0 Å². The molecule has 4 heteroatoms. The molecule has 2 aliphatic rings. The number of hydrogen-bond donors (Lipinski definition) is 0. The molecular weight excluding hydrogens is 306 g/mol. The summed E-state index contributed by atoms with van der Waals surface area (Å²) in [5.41, 5.74) is 2.13. The number of benzene rings is 2. The summed E-state index contributed by atoms with van der Waals surface area (Å²) in [6.07, 6.45) is 2.05. The molecular formula is C19H15NO2S. The van der Waals surface area contributed by atoms with Gasteiger partial charge in [0.2, 0.25) is 0 Å². The molecule has 2 aromatic carbocycles. The van der Waals surface area contributed by atoms with Crippen LogP contribution < -0.4 is 0 Å². The Morgan fingerprint density at radius 2 is 1.57 bits per heavy atom. The van der Waals surface area contributed by atoms with Crippen molar-refractivity contribution in [2.75, 3.05) is 7.05 Å². The van der Waals surface area contributed by atoms with Gasteiger partial charge in [-0.3, -0.25) is 9.59 Å². The van der Waals surface area contributed by atoms with Crippen molar-refractivity contribution in [2.24, 2.45) is 0 Å². The molecule has 0 saturated carbocycles. The van der Waals surface area contributed by atoms with Crippen LogP contribution in [0.2, 0.25) is 0 Å². The number of rotatable bonds is 1. The van der Waals surface area contributed by atoms with Gasteiger partial charge < -0.3 is 4.90 Å². The second-order valence-corrected chi connectivity index (χ2v) is 6.94. The number of likely N-dealkylation sites (N-methyl/N-ethyl adjacent to an activating group) is 1. The number of nitrogens with zero attached hydrogens (tertiary/aromatic N) is 1. The quantitative estimate of drug-likeness (QED) is 0.807. The van der Waals surface area contributed by atoms with E-state index in [-0.39, 0.29) is 23.0 Å². The molecule has 23 heavy (non-hydrogen) atoms. The standard InChI is InChI=1S/C19H15NO2S/c1-20-15-11-16(12-7-3-2-4-8-12)23-18(15)17(21)13-9-5-6-10-14(13)19(20)22/h2-11,15,18H,1H3. The van der Waals surface area contributed by atoms with Gasteiger partial charge in [0, 0.05) is 17.5 Å². The zero-order valence-corrected chi connectivity index (χ0v) is 13.4. The lowest BCUT2D eigenvalue weighted by molar-refractivity contribution is 0.0764. The summed E-state index contributed by atoms with van der Waals surface area (Å²) in [6, 6.07) is 16.9. The monoisotopic (exact) mass is 321 g/mol. The second kappa shape index (κ2) is 5.39. The fourth-order valence-corrected chi connectivity index (χ4v) is 4.54. The van der Waals surface area contributed by atoms with Crippen molar-refractivity contribution >= 4 is 28.4 Å². The highest BCUT2D eigenvalue weighted by Gasteiger charge is 2.43. The van der Waals surface area contributed by atoms with E-state index in [0.29, 0.717) is 11.1 Å². The summed E-state index contributed by atoms with van der Waals surface area (Å²) < 4.78 is 0. The second-order valence-electron chi connectivity index (χ2n) is 5.75. The number of Topliss-reactive ketones (excluding diaryl/α,β-unsaturated/α-hetero) is 1. The van der Waals surface area contributed by atoms with Crippen LogP contribution in [0.15, 0.2) is 60.7 Å². The molecule has 2 unspecified atom stereocenters. The van der Waals surface area contributed by atoms with Crippen LogP contribution in [0.5, 0.6) is 0 Å². The lowest BCUT2D eigenvalue weighted by atomic mass is 10.0. The Bertz CT molecular complexity index is 828. The molecule has 3 nitrogen and oxygen atoms in total. The van der Waals surface area contributed by atoms with Crippen LogP contribution in [0.1, 0.15) is 26.3 Å². The Balaban J connectivity index is 1.79. The number of carbonyl (C=O) groups excluding carboxylic acids is 2. The van der Waals surface area contributed by atoms with Crippen LogP contribution in [-0.4, -0.2) is 34.9 Å². The number of carbonyl (C=O) groups is 2. The molecule has 0 N–H and O–H groups in total. The first-order chi connectivity index (χ1) is 11.2. The smallest absolute Gasteiger partial charge is 0.254 e. The van der Waals surface area contributed by atoms with Crippen LogP contribution in [0.25, 0.3) is 4.91 Å². The Kier molecular flexibility index (Phi) is 3.34. The van der Waals surface area contributed by atoms with Crippen LogP contribution >= 0.6 is 11.8 Å². The van der Waals surface area contributed by atoms with E-state index in [2.05, 4.69) is 0 Å². The van der Waals surface area contributed by atoms with E-state index in [9.17, 15) is 9.59 Å². The van der Waals surface area contributed by atoms with Crippen molar-refractivity contribution in [3.05, 3.63) is 77.4 Å². The molecule has 2 aliphatic heterocycles. The zero-order chi connectivity index (χ0) is 16.0. The minimum Gasteiger partial charge on any atom is -0.334 e. The van der Waals surface area contributed by atoms with E-state index in [1.54, 1.807) is 41.9 Å². The summed E-state index contributed by atoms with van der Waals surface area (Å²) >= 11 is 1.56. The van der Waals surface area contributed by atoms with Crippen LogP contribution in [0, 0.1) is 0 Å². The van der Waals surface area contributed by atoms with Gasteiger partial charge >= 0.3 is 0 Å². The molecule has 0 aromatic heterocycles. The third kappa shape index (κ3) is 2.21. The lowest BCUT2D eigenvalue weighted by Crippen LogP contribution is -2.40. The van der Waals surface area contributed by atoms with Crippen LogP contribution in [0.3, 0.4) is 0 Å². The first-order valence-corrected chi connectivity index (χ1v) is 8.39. The first kappa shape index (κ1) is 14.3. The van der Waals surface area contributed by atoms with Gasteiger partial charge in [-0.25, -0.2) is 0 Å². The lowest BCUT2D eigenvalue weighted by Gasteiger charge is -2.24. The first-order valence-electron chi connectivity index (χ1n) is 7.51. The van der Waals surface area contributed by atoms with E-state index in [1.165, 1.54) is 0 Å². The summed E-state index contributed by atoms with van der Waals surface area (Å²) in [6.45, 7) is 0. The maximum atomic E-state index is 13.0. The molecule has 0 saturated heterocycles. The largest absolute Gasteiger partial charge is 0.334 e. The molecule has 0 radical (unpaired) electrons. The summed E-state index contributed by atoms with van der Waals surface area (Å²) in [7, 11) is 1.78. The van der Waals surface area contributed by atoms with E-state index >= 15 is 0 Å². The SMILES string of the molecule is CN1C(=O)c2ccccc2C(=O)C2SC(c3ccccc3)=CC21. The molecule has 0 fully saturated rings. The normalized spacial score (nSPS) is 23.2.